The molecule has 5 nitrogen and oxygen atoms in total. The molecule has 1 fully saturated rings. The van der Waals surface area contributed by atoms with Crippen LogP contribution in [0.25, 0.3) is 0 Å². The molecule has 188 valence electrons. The van der Waals surface area contributed by atoms with Gasteiger partial charge >= 0.3 is 0 Å². The summed E-state index contributed by atoms with van der Waals surface area (Å²) >= 11 is 1.91. The van der Waals surface area contributed by atoms with E-state index in [0.717, 1.165) is 55.9 Å². The molecule has 0 saturated carbocycles. The van der Waals surface area contributed by atoms with E-state index in [1.807, 2.05) is 19.0 Å². The maximum atomic E-state index is 13.0. The number of aryl methyl sites for hydroxylation is 3. The topological polar surface area (TPSA) is 56.7 Å². The van der Waals surface area contributed by atoms with E-state index in [0.29, 0.717) is 0 Å². The molecule has 0 aromatic heterocycles. The third-order valence-corrected chi connectivity index (χ3v) is 8.55. The van der Waals surface area contributed by atoms with Gasteiger partial charge in [0.25, 0.3) is 5.91 Å². The van der Waals surface area contributed by atoms with Crippen molar-refractivity contribution in [3.05, 3.63) is 64.2 Å². The average molecular weight is 493 g/mol. The first-order chi connectivity index (χ1) is 16.9. The first kappa shape index (κ1) is 25.8. The second-order valence-corrected chi connectivity index (χ2v) is 11.1. The van der Waals surface area contributed by atoms with E-state index >= 15 is 0 Å². The molecule has 0 atom stereocenters. The number of benzene rings is 2. The number of carbonyl (C=O) groups is 1. The molecule has 0 aliphatic carbocycles. The number of nitrogens with zero attached hydrogens (tertiary/aromatic N) is 2. The summed E-state index contributed by atoms with van der Waals surface area (Å²) in [5.74, 6) is 1.87. The highest BCUT2D eigenvalue weighted by molar-refractivity contribution is 7.97. The number of hydrogen-bond donors (Lipinski definition) is 2. The van der Waals surface area contributed by atoms with Gasteiger partial charge in [-0.15, -0.1) is 0 Å². The van der Waals surface area contributed by atoms with Crippen molar-refractivity contribution in [2.75, 3.05) is 31.2 Å². The fourth-order valence-electron chi connectivity index (χ4n) is 5.19. The molecule has 2 heterocycles. The number of amidine groups is 1. The second-order valence-electron chi connectivity index (χ2n) is 9.95. The molecule has 2 aromatic carbocycles. The lowest BCUT2D eigenvalue weighted by Gasteiger charge is -2.34. The van der Waals surface area contributed by atoms with Crippen LogP contribution in [0.1, 0.15) is 66.8 Å². The van der Waals surface area contributed by atoms with Gasteiger partial charge in [0, 0.05) is 37.1 Å². The number of hydrogen-bond acceptors (Lipinski definition) is 5. The van der Waals surface area contributed by atoms with Crippen LogP contribution in [0.4, 0.5) is 5.69 Å². The van der Waals surface area contributed by atoms with Gasteiger partial charge < -0.3 is 10.6 Å². The van der Waals surface area contributed by atoms with E-state index in [1.54, 1.807) is 0 Å². The summed E-state index contributed by atoms with van der Waals surface area (Å²) < 4.78 is 2.42. The Morgan fingerprint density at radius 3 is 2.37 bits per heavy atom. The molecule has 2 N–H and O–H groups in total. The molecule has 1 amide bonds. The predicted molar refractivity (Wildman–Crippen MR) is 150 cm³/mol. The summed E-state index contributed by atoms with van der Waals surface area (Å²) in [6.45, 7) is 8.42. The van der Waals surface area contributed by atoms with Gasteiger partial charge in [0.1, 0.15) is 11.4 Å². The first-order valence-corrected chi connectivity index (χ1v) is 14.0. The Morgan fingerprint density at radius 2 is 1.74 bits per heavy atom. The number of piperidine rings is 1. The summed E-state index contributed by atoms with van der Waals surface area (Å²) in [6, 6.07) is 13.0. The van der Waals surface area contributed by atoms with Crippen LogP contribution in [0.3, 0.4) is 0 Å². The van der Waals surface area contributed by atoms with Crippen LogP contribution in [-0.4, -0.2) is 47.5 Å². The summed E-state index contributed by atoms with van der Waals surface area (Å²) in [5, 5.41) is 6.32. The molecular weight excluding hydrogens is 452 g/mol. The molecule has 1 saturated heterocycles. The summed E-state index contributed by atoms with van der Waals surface area (Å²) in [6.07, 6.45) is 7.47. The van der Waals surface area contributed by atoms with E-state index in [4.69, 9.17) is 4.99 Å². The first-order valence-electron chi connectivity index (χ1n) is 13.1. The lowest BCUT2D eigenvalue weighted by Crippen LogP contribution is -2.47. The van der Waals surface area contributed by atoms with Gasteiger partial charge in [-0.3, -0.25) is 14.1 Å². The Morgan fingerprint density at radius 1 is 1.06 bits per heavy atom. The van der Waals surface area contributed by atoms with Crippen molar-refractivity contribution in [2.45, 2.75) is 71.3 Å². The predicted octanol–water partition coefficient (Wildman–Crippen LogP) is 5.68. The Hall–Kier alpha value is -2.31. The van der Waals surface area contributed by atoms with Crippen LogP contribution in [0.15, 0.2) is 41.4 Å². The van der Waals surface area contributed by atoms with Crippen LogP contribution < -0.4 is 10.6 Å². The highest BCUT2D eigenvalue weighted by Gasteiger charge is 2.45. The van der Waals surface area contributed by atoms with Crippen molar-refractivity contribution in [2.24, 2.45) is 4.99 Å². The number of nitrogens with one attached hydrogen (secondary N) is 2. The van der Waals surface area contributed by atoms with E-state index in [1.165, 1.54) is 47.2 Å². The quantitative estimate of drug-likeness (QED) is 0.331. The number of amides is 1. The minimum absolute atomic E-state index is 0.0695. The second kappa shape index (κ2) is 11.6. The van der Waals surface area contributed by atoms with E-state index in [9.17, 15) is 4.79 Å². The zero-order chi connectivity index (χ0) is 24.8. The van der Waals surface area contributed by atoms with Gasteiger partial charge in [-0.05, 0) is 80.3 Å². The number of unbranched alkanes of at least 4 members (excludes halogenated alkanes) is 2. The Bertz CT molecular complexity index is 1030. The fourth-order valence-corrected chi connectivity index (χ4v) is 6.19. The molecule has 6 heteroatoms. The minimum Gasteiger partial charge on any atom is -0.388 e. The maximum Gasteiger partial charge on any atom is 0.253 e. The molecule has 0 bridgehead atoms. The standard InChI is InChI=1S/C29H40N4OS/c1-5-6-7-8-23-9-11-24(12-10-23)27-31-28(34)29(32-27)14-16-33(17-15-29)35-18-13-26-21(2)19-25(30-4)20-22(26)3/h9-12,19-20,30H,5-8,13-18H2,1-4H3,(H,31,32,34). The smallest absolute Gasteiger partial charge is 0.253 e. The van der Waals surface area contributed by atoms with Crippen molar-refractivity contribution < 1.29 is 4.79 Å². The highest BCUT2D eigenvalue weighted by atomic mass is 32.2. The van der Waals surface area contributed by atoms with Crippen molar-refractivity contribution in [1.29, 1.82) is 0 Å². The van der Waals surface area contributed by atoms with E-state index in [-0.39, 0.29) is 5.91 Å². The number of aliphatic imine (C=N–C) groups is 1. The van der Waals surface area contributed by atoms with E-state index < -0.39 is 5.54 Å². The van der Waals surface area contributed by atoms with Crippen LogP contribution in [0.2, 0.25) is 0 Å². The van der Waals surface area contributed by atoms with Crippen LogP contribution in [0.5, 0.6) is 0 Å². The summed E-state index contributed by atoms with van der Waals surface area (Å²) in [5.41, 5.74) is 7.11. The fraction of sp³-hybridized carbons (Fsp3) is 0.517. The molecule has 2 aromatic rings. The van der Waals surface area contributed by atoms with Gasteiger partial charge in [0.2, 0.25) is 0 Å². The Kier molecular flexibility index (Phi) is 8.55. The van der Waals surface area contributed by atoms with Crippen LogP contribution >= 0.6 is 11.9 Å². The SMILES string of the molecule is CCCCCc1ccc(C2=NC3(CCN(SCCc4c(C)cc(NC)cc4C)CC3)C(=O)N2)cc1. The Balaban J connectivity index is 1.30. The van der Waals surface area contributed by atoms with Gasteiger partial charge in [-0.25, -0.2) is 0 Å². The van der Waals surface area contributed by atoms with Crippen molar-refractivity contribution in [3.63, 3.8) is 0 Å². The molecule has 0 radical (unpaired) electrons. The average Bonchev–Trinajstić information content (AvgIpc) is 3.18. The zero-order valence-electron chi connectivity index (χ0n) is 21.7. The number of anilines is 1. The van der Waals surface area contributed by atoms with Gasteiger partial charge in [0.15, 0.2) is 0 Å². The monoisotopic (exact) mass is 492 g/mol. The molecule has 2 aliphatic rings. The molecule has 35 heavy (non-hydrogen) atoms. The lowest BCUT2D eigenvalue weighted by molar-refractivity contribution is -0.124. The Labute approximate surface area is 215 Å². The van der Waals surface area contributed by atoms with Crippen LogP contribution in [0, 0.1) is 13.8 Å². The van der Waals surface area contributed by atoms with Crippen molar-refractivity contribution in [3.8, 4) is 0 Å². The molecule has 0 unspecified atom stereocenters. The normalized spacial score (nSPS) is 17.5. The number of carbonyl (C=O) groups excluding carboxylic acids is 1. The highest BCUT2D eigenvalue weighted by Crippen LogP contribution is 2.33. The zero-order valence-corrected chi connectivity index (χ0v) is 22.6. The summed E-state index contributed by atoms with van der Waals surface area (Å²) in [7, 11) is 1.97. The van der Waals surface area contributed by atoms with Crippen LogP contribution in [-0.2, 0) is 17.6 Å². The number of rotatable bonds is 10. The van der Waals surface area contributed by atoms with E-state index in [2.05, 4.69) is 72.1 Å². The largest absolute Gasteiger partial charge is 0.388 e. The van der Waals surface area contributed by atoms with Crippen molar-refractivity contribution in [1.82, 2.24) is 9.62 Å². The summed E-state index contributed by atoms with van der Waals surface area (Å²) in [4.78, 5) is 17.9. The third kappa shape index (κ3) is 6.10. The molecule has 4 rings (SSSR count). The molecule has 1 spiro atoms. The third-order valence-electron chi connectivity index (χ3n) is 7.44. The molecule has 2 aliphatic heterocycles. The minimum atomic E-state index is -0.595. The van der Waals surface area contributed by atoms with Gasteiger partial charge in [-0.1, -0.05) is 56.0 Å². The van der Waals surface area contributed by atoms with Gasteiger partial charge in [-0.2, -0.15) is 0 Å². The maximum absolute atomic E-state index is 13.0. The lowest BCUT2D eigenvalue weighted by atomic mass is 9.89. The van der Waals surface area contributed by atoms with Crippen molar-refractivity contribution >= 4 is 29.4 Å². The molecular formula is C29H40N4OS. The van der Waals surface area contributed by atoms with Gasteiger partial charge in [0.05, 0.1) is 0 Å².